The Morgan fingerprint density at radius 1 is 1.26 bits per heavy atom. The third kappa shape index (κ3) is 2.96. The fraction of sp³-hybridized carbons (Fsp3) is 0.312. The molecule has 1 aliphatic heterocycles. The monoisotopic (exact) mass is 394 g/mol. The minimum absolute atomic E-state index is 0.191. The molecule has 5 atom stereocenters. The molecule has 27 heavy (non-hydrogen) atoms. The molecule has 11 heteroatoms. The van der Waals surface area contributed by atoms with Crippen LogP contribution in [0.1, 0.15) is 18.0 Å². The van der Waals surface area contributed by atoms with E-state index in [1.807, 2.05) is 0 Å². The van der Waals surface area contributed by atoms with Crippen LogP contribution in [-0.4, -0.2) is 48.0 Å². The van der Waals surface area contributed by atoms with Gasteiger partial charge in [-0.2, -0.15) is 5.10 Å². The van der Waals surface area contributed by atoms with Gasteiger partial charge < -0.3 is 25.8 Å². The molecule has 0 spiro atoms. The third-order valence-corrected chi connectivity index (χ3v) is 4.79. The maximum atomic E-state index is 14.9. The van der Waals surface area contributed by atoms with Crippen molar-refractivity contribution < 1.29 is 19.3 Å². The van der Waals surface area contributed by atoms with Crippen molar-refractivity contribution in [3.05, 3.63) is 53.0 Å². The molecule has 0 bridgehead atoms. The molecular weight excluding hydrogens is 379 g/mol. The van der Waals surface area contributed by atoms with Crippen molar-refractivity contribution in [2.45, 2.75) is 30.7 Å². The van der Waals surface area contributed by atoms with E-state index in [-0.39, 0.29) is 11.1 Å². The highest BCUT2D eigenvalue weighted by Crippen LogP contribution is 2.38. The van der Waals surface area contributed by atoms with Crippen LogP contribution in [0.5, 0.6) is 0 Å². The second-order valence-corrected chi connectivity index (χ2v) is 6.57. The summed E-state index contributed by atoms with van der Waals surface area (Å²) in [6.45, 7) is 0. The lowest BCUT2D eigenvalue weighted by molar-refractivity contribution is -0.0627. The van der Waals surface area contributed by atoms with Gasteiger partial charge in [-0.05, 0) is 17.7 Å². The molecule has 4 rings (SSSR count). The summed E-state index contributed by atoms with van der Waals surface area (Å²) in [4.78, 5) is 10.9. The number of nitrogens with zero attached hydrogens (tertiary/aromatic N) is 4. The molecule has 3 aromatic rings. The number of aromatic nitrogens is 4. The third-order valence-electron chi connectivity index (χ3n) is 4.54. The van der Waals surface area contributed by atoms with Crippen molar-refractivity contribution in [2.75, 3.05) is 0 Å². The van der Waals surface area contributed by atoms with Crippen molar-refractivity contribution in [3.63, 3.8) is 0 Å². The number of nitrogens with two attached hydrogens (primary N) is 1. The summed E-state index contributed by atoms with van der Waals surface area (Å²) in [5, 5.41) is 24.8. The number of aromatic amines is 1. The van der Waals surface area contributed by atoms with E-state index < -0.39 is 30.7 Å². The summed E-state index contributed by atoms with van der Waals surface area (Å²) in [5.41, 5.74) is 1.24. The zero-order valence-electron chi connectivity index (χ0n) is 13.8. The number of rotatable bonds is 3. The van der Waals surface area contributed by atoms with Gasteiger partial charge in [0.25, 0.3) is 0 Å². The molecule has 0 saturated carbocycles. The Kier molecular flexibility index (Phi) is 4.56. The van der Waals surface area contributed by atoms with Gasteiger partial charge in [0, 0.05) is 5.02 Å². The predicted molar refractivity (Wildman–Crippen MR) is 92.9 cm³/mol. The lowest BCUT2D eigenvalue weighted by Crippen LogP contribution is -2.33. The molecule has 9 nitrogen and oxygen atoms in total. The molecule has 1 fully saturated rings. The van der Waals surface area contributed by atoms with Crippen LogP contribution in [-0.2, 0) is 4.74 Å². The van der Waals surface area contributed by atoms with Crippen LogP contribution in [0.4, 0.5) is 4.39 Å². The van der Waals surface area contributed by atoms with E-state index in [0.717, 1.165) is 0 Å². The Labute approximate surface area is 156 Å². The normalized spacial score (nSPS) is 27.3. The van der Waals surface area contributed by atoms with E-state index in [1.54, 1.807) is 12.1 Å². The van der Waals surface area contributed by atoms with Gasteiger partial charge in [-0.3, -0.25) is 4.57 Å². The lowest BCUT2D eigenvalue weighted by atomic mass is 10.0. The Balaban J connectivity index is 1.67. The van der Waals surface area contributed by atoms with Gasteiger partial charge in [0.2, 0.25) is 5.49 Å². The average molecular weight is 395 g/mol. The van der Waals surface area contributed by atoms with Gasteiger partial charge in [-0.1, -0.05) is 23.7 Å². The fourth-order valence-electron chi connectivity index (χ4n) is 3.16. The Hall–Kier alpha value is -2.53. The number of fused-ring (bicyclic) bond motifs is 1. The number of hydrogen-bond donors (Lipinski definition) is 4. The highest BCUT2D eigenvalue weighted by molar-refractivity contribution is 6.30. The number of halogens is 2. The van der Waals surface area contributed by atoms with Crippen LogP contribution in [0, 0.1) is 0 Å². The Morgan fingerprint density at radius 2 is 2.00 bits per heavy atom. The largest absolute Gasteiger partial charge is 0.387 e. The summed E-state index contributed by atoms with van der Waals surface area (Å²) in [7, 11) is 0. The summed E-state index contributed by atoms with van der Waals surface area (Å²) in [6, 6.07) is 6.09. The SMILES string of the molecule is NN=c1nc[nH]c2c1ncn2[C@@H]1O[C@H](C(F)c2ccc(Cl)cc2)[C@@H](O)[C@H]1O. The standard InChI is InChI=1S/C16H16ClFN6O3/c17-8-3-1-7(2-4-8)9(18)13-11(25)12(26)16(27-13)24-6-22-10-14(23-19)20-5-21-15(10)24/h1-6,9,11-13,16,25-26H,19H2,(H,20,21,23)/t9?,11-,12+,13+,16+/m0/s1. The summed E-state index contributed by atoms with van der Waals surface area (Å²) in [5.74, 6) is 5.28. The van der Waals surface area contributed by atoms with Crippen LogP contribution in [0.2, 0.25) is 5.02 Å². The smallest absolute Gasteiger partial charge is 0.202 e. The van der Waals surface area contributed by atoms with E-state index >= 15 is 0 Å². The number of H-pyrrole nitrogens is 1. The van der Waals surface area contributed by atoms with Gasteiger partial charge in [0.1, 0.15) is 24.0 Å². The number of aliphatic hydroxyl groups is 2. The van der Waals surface area contributed by atoms with E-state index in [9.17, 15) is 14.6 Å². The van der Waals surface area contributed by atoms with Gasteiger partial charge in [0.05, 0.1) is 12.7 Å². The predicted octanol–water partition coefficient (Wildman–Crippen LogP) is 0.517. The molecule has 1 aliphatic rings. The molecule has 1 saturated heterocycles. The second-order valence-electron chi connectivity index (χ2n) is 6.13. The first-order chi connectivity index (χ1) is 13.0. The quantitative estimate of drug-likeness (QED) is 0.378. The number of aliphatic hydroxyl groups excluding tert-OH is 2. The number of alkyl halides is 1. The first-order valence-electron chi connectivity index (χ1n) is 8.06. The first kappa shape index (κ1) is 17.9. The van der Waals surface area contributed by atoms with Crippen molar-refractivity contribution in [3.8, 4) is 0 Å². The zero-order chi connectivity index (χ0) is 19.1. The summed E-state index contributed by atoms with van der Waals surface area (Å²) < 4.78 is 22.0. The average Bonchev–Trinajstić information content (AvgIpc) is 3.23. The molecular formula is C16H16ClFN6O3. The second kappa shape index (κ2) is 6.89. The molecule has 2 aromatic heterocycles. The maximum Gasteiger partial charge on any atom is 0.202 e. The van der Waals surface area contributed by atoms with Crippen molar-refractivity contribution >= 4 is 22.8 Å². The van der Waals surface area contributed by atoms with Crippen LogP contribution < -0.4 is 11.3 Å². The van der Waals surface area contributed by atoms with E-state index in [4.69, 9.17) is 22.2 Å². The van der Waals surface area contributed by atoms with Gasteiger partial charge in [-0.15, -0.1) is 0 Å². The number of imidazole rings is 1. The Bertz CT molecular complexity index is 1020. The molecule has 142 valence electrons. The summed E-state index contributed by atoms with van der Waals surface area (Å²) in [6.07, 6.45) is -4.10. The van der Waals surface area contributed by atoms with Crippen LogP contribution in [0.15, 0.2) is 42.0 Å². The molecule has 1 aromatic carbocycles. The van der Waals surface area contributed by atoms with E-state index in [0.29, 0.717) is 16.2 Å². The van der Waals surface area contributed by atoms with Crippen molar-refractivity contribution in [2.24, 2.45) is 10.9 Å². The van der Waals surface area contributed by atoms with Gasteiger partial charge >= 0.3 is 0 Å². The Morgan fingerprint density at radius 3 is 2.70 bits per heavy atom. The molecule has 0 aliphatic carbocycles. The number of ether oxygens (including phenoxy) is 1. The fourth-order valence-corrected chi connectivity index (χ4v) is 3.29. The van der Waals surface area contributed by atoms with Crippen molar-refractivity contribution in [1.82, 2.24) is 19.5 Å². The number of hydrogen-bond acceptors (Lipinski definition) is 7. The highest BCUT2D eigenvalue weighted by Gasteiger charge is 2.48. The van der Waals surface area contributed by atoms with Crippen LogP contribution in [0.25, 0.3) is 11.2 Å². The van der Waals surface area contributed by atoms with Crippen LogP contribution in [0.3, 0.4) is 0 Å². The van der Waals surface area contributed by atoms with E-state index in [1.165, 1.54) is 29.4 Å². The minimum atomic E-state index is -1.66. The van der Waals surface area contributed by atoms with Crippen LogP contribution >= 0.6 is 11.6 Å². The lowest BCUT2D eigenvalue weighted by Gasteiger charge is -2.19. The minimum Gasteiger partial charge on any atom is -0.387 e. The molecule has 0 radical (unpaired) electrons. The molecule has 1 unspecified atom stereocenters. The summed E-state index contributed by atoms with van der Waals surface area (Å²) >= 11 is 5.82. The highest BCUT2D eigenvalue weighted by atomic mass is 35.5. The van der Waals surface area contributed by atoms with Crippen molar-refractivity contribution in [1.29, 1.82) is 0 Å². The topological polar surface area (TPSA) is 135 Å². The maximum absolute atomic E-state index is 14.9. The molecule has 5 N–H and O–H groups in total. The van der Waals surface area contributed by atoms with Gasteiger partial charge in [0.15, 0.2) is 17.9 Å². The molecule has 3 heterocycles. The van der Waals surface area contributed by atoms with E-state index in [2.05, 4.69) is 20.1 Å². The number of benzene rings is 1. The molecule has 0 amide bonds. The first-order valence-corrected chi connectivity index (χ1v) is 8.44. The van der Waals surface area contributed by atoms with Gasteiger partial charge in [-0.25, -0.2) is 14.4 Å². The number of nitrogens with one attached hydrogen (secondary N) is 1. The zero-order valence-corrected chi connectivity index (χ0v) is 14.5.